The van der Waals surface area contributed by atoms with E-state index in [1.807, 2.05) is 0 Å². The third kappa shape index (κ3) is 6.03. The highest BCUT2D eigenvalue weighted by atomic mass is 35.5. The van der Waals surface area contributed by atoms with Crippen LogP contribution in [0.4, 0.5) is 32.0 Å². The molecule has 0 radical (unpaired) electrons. The molecule has 7 nitrogen and oxygen atoms in total. The molecule has 2 aliphatic heterocycles. The van der Waals surface area contributed by atoms with Gasteiger partial charge < -0.3 is 20.6 Å². The predicted molar refractivity (Wildman–Crippen MR) is 112 cm³/mol. The topological polar surface area (TPSA) is 98.7 Å². The molecule has 1 saturated heterocycles. The molecule has 0 bridgehead atoms. The number of carbonyl (C=O) groups excluding carboxylic acids is 2. The highest BCUT2D eigenvalue weighted by Crippen LogP contribution is 2.36. The predicted octanol–water partition coefficient (Wildman–Crippen LogP) is 4.03. The zero-order valence-corrected chi connectivity index (χ0v) is 18.2. The molecule has 3 N–H and O–H groups in total. The first-order valence-electron chi connectivity index (χ1n) is 9.83. The molecule has 4 rings (SSSR count). The molecule has 2 aliphatic rings. The van der Waals surface area contributed by atoms with Gasteiger partial charge in [-0.2, -0.15) is 26.3 Å². The Labute approximate surface area is 198 Å². The highest BCUT2D eigenvalue weighted by molar-refractivity contribution is 6.31. The van der Waals surface area contributed by atoms with E-state index in [-0.39, 0.29) is 28.0 Å². The minimum Gasteiger partial charge on any atom is -0.475 e. The number of halogens is 7. The maximum atomic E-state index is 13.1. The van der Waals surface area contributed by atoms with Gasteiger partial charge in [-0.05, 0) is 41.5 Å². The Morgan fingerprint density at radius 1 is 1.03 bits per heavy atom. The Hall–Kier alpha value is -3.32. The molecular weight excluding hydrogens is 508 g/mol. The van der Waals surface area contributed by atoms with Gasteiger partial charge in [0.15, 0.2) is 0 Å². The van der Waals surface area contributed by atoms with E-state index in [4.69, 9.17) is 21.5 Å². The minimum absolute atomic E-state index is 0.0541. The Balaban J connectivity index is 0.000000429. The Morgan fingerprint density at radius 2 is 1.69 bits per heavy atom. The normalized spacial score (nSPS) is 17.9. The standard InChI is InChI=1S/C19H15ClF3N3O2.C2HF3O2/c20-13-6-11(5-12(8-13)19(21,22)23)10-1-2-15-14(7-10)18(28)26-4-3-24-9-16(26)17(27)25-15;3-2(4,5)1(6)7/h1-2,5-8,16,24H,3-4,9H2,(H,25,27);(H,6,7)/t16-;/m0./s1. The molecule has 14 heteroatoms. The average molecular weight is 524 g/mol. The zero-order chi connectivity index (χ0) is 26.1. The van der Waals surface area contributed by atoms with Gasteiger partial charge >= 0.3 is 18.3 Å². The van der Waals surface area contributed by atoms with Gasteiger partial charge in [0.25, 0.3) is 5.91 Å². The number of nitrogens with zero attached hydrogens (tertiary/aromatic N) is 1. The third-order valence-electron chi connectivity index (χ3n) is 5.12. The number of carboxylic acid groups (broad SMARTS) is 1. The molecule has 0 aromatic heterocycles. The van der Waals surface area contributed by atoms with Gasteiger partial charge in [0, 0.05) is 24.7 Å². The van der Waals surface area contributed by atoms with Crippen molar-refractivity contribution in [2.24, 2.45) is 0 Å². The summed E-state index contributed by atoms with van der Waals surface area (Å²) >= 11 is 5.88. The van der Waals surface area contributed by atoms with Crippen LogP contribution in [0.2, 0.25) is 5.02 Å². The van der Waals surface area contributed by atoms with Gasteiger partial charge in [-0.25, -0.2) is 4.79 Å². The van der Waals surface area contributed by atoms with Crippen molar-refractivity contribution in [1.29, 1.82) is 0 Å². The van der Waals surface area contributed by atoms with Gasteiger partial charge in [-0.15, -0.1) is 0 Å². The van der Waals surface area contributed by atoms with E-state index in [1.54, 1.807) is 6.07 Å². The summed E-state index contributed by atoms with van der Waals surface area (Å²) in [6, 6.07) is 7.20. The van der Waals surface area contributed by atoms with Crippen LogP contribution in [0.25, 0.3) is 11.1 Å². The SMILES string of the molecule is O=C(O)C(F)(F)F.O=C1Nc2ccc(-c3cc(Cl)cc(C(F)(F)F)c3)cc2C(=O)N2CCNC[C@@H]12. The van der Waals surface area contributed by atoms with Crippen LogP contribution in [0, 0.1) is 0 Å². The number of carbonyl (C=O) groups is 3. The number of hydrogen-bond donors (Lipinski definition) is 3. The van der Waals surface area contributed by atoms with E-state index in [2.05, 4.69) is 10.6 Å². The number of amides is 2. The number of carboxylic acids is 1. The largest absolute Gasteiger partial charge is 0.490 e. The Morgan fingerprint density at radius 3 is 2.29 bits per heavy atom. The van der Waals surface area contributed by atoms with Crippen molar-refractivity contribution >= 4 is 35.1 Å². The summed E-state index contributed by atoms with van der Waals surface area (Å²) in [5.74, 6) is -3.39. The lowest BCUT2D eigenvalue weighted by molar-refractivity contribution is -0.192. The quantitative estimate of drug-likeness (QED) is 0.490. The van der Waals surface area contributed by atoms with E-state index >= 15 is 0 Å². The molecule has 2 aromatic rings. The van der Waals surface area contributed by atoms with Crippen molar-refractivity contribution in [3.05, 3.63) is 52.5 Å². The second-order valence-electron chi connectivity index (χ2n) is 7.50. The van der Waals surface area contributed by atoms with Crippen molar-refractivity contribution in [1.82, 2.24) is 10.2 Å². The minimum atomic E-state index is -5.08. The molecule has 1 atom stereocenters. The van der Waals surface area contributed by atoms with Crippen LogP contribution < -0.4 is 10.6 Å². The number of alkyl halides is 6. The van der Waals surface area contributed by atoms with Crippen LogP contribution in [0.1, 0.15) is 15.9 Å². The molecule has 188 valence electrons. The molecule has 2 heterocycles. The van der Waals surface area contributed by atoms with Crippen molar-refractivity contribution < 1.29 is 45.8 Å². The summed E-state index contributed by atoms with van der Waals surface area (Å²) in [7, 11) is 0. The van der Waals surface area contributed by atoms with E-state index < -0.39 is 29.9 Å². The van der Waals surface area contributed by atoms with Gasteiger partial charge in [0.05, 0.1) is 16.8 Å². The fraction of sp³-hybridized carbons (Fsp3) is 0.286. The van der Waals surface area contributed by atoms with Crippen molar-refractivity contribution in [3.63, 3.8) is 0 Å². The monoisotopic (exact) mass is 523 g/mol. The van der Waals surface area contributed by atoms with Gasteiger partial charge in [-0.3, -0.25) is 9.59 Å². The fourth-order valence-electron chi connectivity index (χ4n) is 3.48. The summed E-state index contributed by atoms with van der Waals surface area (Å²) in [4.78, 5) is 35.8. The average Bonchev–Trinajstić information content (AvgIpc) is 2.87. The van der Waals surface area contributed by atoms with Crippen LogP contribution in [-0.4, -0.2) is 59.6 Å². The molecule has 2 amide bonds. The van der Waals surface area contributed by atoms with E-state index in [9.17, 15) is 35.9 Å². The van der Waals surface area contributed by atoms with Crippen molar-refractivity contribution in [2.45, 2.75) is 18.4 Å². The molecule has 0 spiro atoms. The second kappa shape index (κ2) is 9.74. The first kappa shape index (κ1) is 26.3. The van der Waals surface area contributed by atoms with Crippen LogP contribution in [0.3, 0.4) is 0 Å². The number of rotatable bonds is 1. The highest BCUT2D eigenvalue weighted by Gasteiger charge is 2.38. The molecule has 0 saturated carbocycles. The summed E-state index contributed by atoms with van der Waals surface area (Å²) in [6.07, 6.45) is -9.62. The summed E-state index contributed by atoms with van der Waals surface area (Å²) in [5.41, 5.74) is 0.354. The first-order valence-corrected chi connectivity index (χ1v) is 10.2. The maximum Gasteiger partial charge on any atom is 0.490 e. The number of benzene rings is 2. The smallest absolute Gasteiger partial charge is 0.475 e. The molecule has 0 unspecified atom stereocenters. The Bertz CT molecular complexity index is 1170. The van der Waals surface area contributed by atoms with Gasteiger partial charge in [0.1, 0.15) is 6.04 Å². The summed E-state index contributed by atoms with van der Waals surface area (Å²) < 4.78 is 71.1. The summed E-state index contributed by atoms with van der Waals surface area (Å²) in [5, 5.41) is 12.9. The van der Waals surface area contributed by atoms with Crippen LogP contribution in [0.5, 0.6) is 0 Å². The van der Waals surface area contributed by atoms with Gasteiger partial charge in [0.2, 0.25) is 5.91 Å². The van der Waals surface area contributed by atoms with Gasteiger partial charge in [-0.1, -0.05) is 17.7 Å². The third-order valence-corrected chi connectivity index (χ3v) is 5.33. The van der Waals surface area contributed by atoms with E-state index in [0.717, 1.165) is 12.1 Å². The number of anilines is 1. The first-order chi connectivity index (χ1) is 16.2. The van der Waals surface area contributed by atoms with Crippen LogP contribution >= 0.6 is 11.6 Å². The lowest BCUT2D eigenvalue weighted by atomic mass is 9.99. The number of nitrogens with one attached hydrogen (secondary N) is 2. The second-order valence-corrected chi connectivity index (χ2v) is 7.93. The Kier molecular flexibility index (Phi) is 7.31. The molecule has 1 fully saturated rings. The molecule has 2 aromatic carbocycles. The molecule has 0 aliphatic carbocycles. The lowest BCUT2D eigenvalue weighted by Crippen LogP contribution is -2.57. The number of fused-ring (bicyclic) bond motifs is 2. The molecule has 35 heavy (non-hydrogen) atoms. The fourth-order valence-corrected chi connectivity index (χ4v) is 3.72. The zero-order valence-electron chi connectivity index (χ0n) is 17.4. The molecular formula is C21H16ClF6N3O4. The number of aliphatic carboxylic acids is 1. The van der Waals surface area contributed by atoms with E-state index in [0.29, 0.717) is 30.9 Å². The van der Waals surface area contributed by atoms with Crippen LogP contribution in [-0.2, 0) is 15.8 Å². The van der Waals surface area contributed by atoms with Crippen LogP contribution in [0.15, 0.2) is 36.4 Å². The lowest BCUT2D eigenvalue weighted by Gasteiger charge is -2.33. The number of piperazine rings is 1. The summed E-state index contributed by atoms with van der Waals surface area (Å²) in [6.45, 7) is 1.28. The van der Waals surface area contributed by atoms with Crippen molar-refractivity contribution in [3.8, 4) is 11.1 Å². The number of hydrogen-bond acceptors (Lipinski definition) is 4. The van der Waals surface area contributed by atoms with E-state index in [1.165, 1.54) is 23.1 Å². The maximum absolute atomic E-state index is 13.1. The van der Waals surface area contributed by atoms with Crippen molar-refractivity contribution in [2.75, 3.05) is 25.0 Å².